The summed E-state index contributed by atoms with van der Waals surface area (Å²) in [6.45, 7) is 2.22. The van der Waals surface area contributed by atoms with E-state index in [4.69, 9.17) is 0 Å². The van der Waals surface area contributed by atoms with Gasteiger partial charge in [0, 0.05) is 18.0 Å². The second-order valence-electron chi connectivity index (χ2n) is 4.61. The maximum atomic E-state index is 4.22. The number of hydrogen-bond donors (Lipinski definition) is 2. The molecule has 3 nitrogen and oxygen atoms in total. The zero-order chi connectivity index (χ0) is 11.5. The minimum Gasteiger partial charge on any atom is -0.316 e. The van der Waals surface area contributed by atoms with Crippen molar-refractivity contribution in [3.8, 4) is 11.3 Å². The SMILES string of the molecule is c1ccc(-c2[nH]ncc2C2CCCNC2)cc1. The standard InChI is InChI=1S/C14H17N3/c1-2-5-11(6-3-1)14-13(10-16-17-14)12-7-4-8-15-9-12/h1-3,5-6,10,12,15H,4,7-9H2,(H,16,17). The summed E-state index contributed by atoms with van der Waals surface area (Å²) in [5.41, 5.74) is 3.76. The van der Waals surface area contributed by atoms with Gasteiger partial charge in [-0.05, 0) is 24.9 Å². The van der Waals surface area contributed by atoms with Crippen LogP contribution in [0.3, 0.4) is 0 Å². The Balaban J connectivity index is 1.93. The van der Waals surface area contributed by atoms with Gasteiger partial charge in [0.15, 0.2) is 0 Å². The molecular weight excluding hydrogens is 210 g/mol. The van der Waals surface area contributed by atoms with Crippen LogP contribution in [0.2, 0.25) is 0 Å². The molecule has 1 aliphatic rings. The Morgan fingerprint density at radius 2 is 2.06 bits per heavy atom. The van der Waals surface area contributed by atoms with Crippen LogP contribution in [-0.2, 0) is 0 Å². The molecule has 3 heteroatoms. The van der Waals surface area contributed by atoms with Gasteiger partial charge >= 0.3 is 0 Å². The van der Waals surface area contributed by atoms with E-state index in [0.29, 0.717) is 5.92 Å². The van der Waals surface area contributed by atoms with E-state index in [1.165, 1.54) is 29.7 Å². The minimum absolute atomic E-state index is 0.595. The van der Waals surface area contributed by atoms with Crippen molar-refractivity contribution in [1.29, 1.82) is 0 Å². The van der Waals surface area contributed by atoms with Crippen LogP contribution in [-0.4, -0.2) is 23.3 Å². The monoisotopic (exact) mass is 227 g/mol. The first-order valence-electron chi connectivity index (χ1n) is 6.24. The van der Waals surface area contributed by atoms with Gasteiger partial charge < -0.3 is 5.32 Å². The summed E-state index contributed by atoms with van der Waals surface area (Å²) >= 11 is 0. The Labute approximate surface area is 101 Å². The molecule has 1 aliphatic heterocycles. The molecule has 1 atom stereocenters. The van der Waals surface area contributed by atoms with Crippen LogP contribution in [0.15, 0.2) is 36.5 Å². The van der Waals surface area contributed by atoms with Crippen LogP contribution in [0, 0.1) is 0 Å². The smallest absolute Gasteiger partial charge is 0.0685 e. The van der Waals surface area contributed by atoms with Gasteiger partial charge in [-0.2, -0.15) is 5.10 Å². The molecule has 2 N–H and O–H groups in total. The third kappa shape index (κ3) is 2.11. The number of piperidine rings is 1. The second kappa shape index (κ2) is 4.72. The van der Waals surface area contributed by atoms with E-state index in [2.05, 4.69) is 39.8 Å². The van der Waals surface area contributed by atoms with E-state index in [9.17, 15) is 0 Å². The molecule has 1 saturated heterocycles. The summed E-state index contributed by atoms with van der Waals surface area (Å²) in [4.78, 5) is 0. The molecule has 1 unspecified atom stereocenters. The molecule has 0 spiro atoms. The third-order valence-electron chi connectivity index (χ3n) is 3.47. The lowest BCUT2D eigenvalue weighted by Gasteiger charge is -2.22. The molecule has 3 rings (SSSR count). The first-order valence-corrected chi connectivity index (χ1v) is 6.24. The maximum Gasteiger partial charge on any atom is 0.0685 e. The predicted octanol–water partition coefficient (Wildman–Crippen LogP) is 2.54. The summed E-state index contributed by atoms with van der Waals surface area (Å²) in [5, 5.41) is 10.8. The normalized spacial score (nSPS) is 20.4. The van der Waals surface area contributed by atoms with Crippen molar-refractivity contribution < 1.29 is 0 Å². The summed E-state index contributed by atoms with van der Waals surface area (Å²) in [6.07, 6.45) is 4.50. The molecule has 88 valence electrons. The summed E-state index contributed by atoms with van der Waals surface area (Å²) in [6, 6.07) is 10.4. The molecule has 17 heavy (non-hydrogen) atoms. The summed E-state index contributed by atoms with van der Waals surface area (Å²) in [7, 11) is 0. The first kappa shape index (κ1) is 10.5. The van der Waals surface area contributed by atoms with E-state index in [0.717, 1.165) is 13.1 Å². The number of hydrogen-bond acceptors (Lipinski definition) is 2. The summed E-state index contributed by atoms with van der Waals surface area (Å²) < 4.78 is 0. The summed E-state index contributed by atoms with van der Waals surface area (Å²) in [5.74, 6) is 0.595. The Bertz CT molecular complexity index is 469. The molecule has 1 aromatic heterocycles. The fraction of sp³-hybridized carbons (Fsp3) is 0.357. The Kier molecular flexibility index (Phi) is 2.92. The highest BCUT2D eigenvalue weighted by Crippen LogP contribution is 2.30. The average Bonchev–Trinajstić information content (AvgIpc) is 2.90. The molecule has 2 aromatic rings. The van der Waals surface area contributed by atoms with Crippen molar-refractivity contribution >= 4 is 0 Å². The van der Waals surface area contributed by atoms with Crippen LogP contribution in [0.4, 0.5) is 0 Å². The Hall–Kier alpha value is -1.61. The molecule has 0 saturated carbocycles. The third-order valence-corrected chi connectivity index (χ3v) is 3.47. The molecule has 1 aromatic carbocycles. The zero-order valence-corrected chi connectivity index (χ0v) is 9.82. The molecule has 2 heterocycles. The number of aromatic nitrogens is 2. The zero-order valence-electron chi connectivity index (χ0n) is 9.82. The van der Waals surface area contributed by atoms with Crippen LogP contribution >= 0.6 is 0 Å². The number of nitrogens with zero attached hydrogens (tertiary/aromatic N) is 1. The molecule has 0 aliphatic carbocycles. The lowest BCUT2D eigenvalue weighted by molar-refractivity contribution is 0.462. The number of H-pyrrole nitrogens is 1. The van der Waals surface area contributed by atoms with E-state index in [1.807, 2.05) is 12.3 Å². The highest BCUT2D eigenvalue weighted by molar-refractivity contribution is 5.63. The van der Waals surface area contributed by atoms with Crippen molar-refractivity contribution in [1.82, 2.24) is 15.5 Å². The topological polar surface area (TPSA) is 40.7 Å². The quantitative estimate of drug-likeness (QED) is 0.827. The van der Waals surface area contributed by atoms with Gasteiger partial charge in [0.2, 0.25) is 0 Å². The van der Waals surface area contributed by atoms with Gasteiger partial charge in [-0.25, -0.2) is 0 Å². The molecule has 0 radical (unpaired) electrons. The largest absolute Gasteiger partial charge is 0.316 e. The van der Waals surface area contributed by atoms with E-state index in [1.54, 1.807) is 0 Å². The van der Waals surface area contributed by atoms with Gasteiger partial charge in [-0.3, -0.25) is 5.10 Å². The van der Waals surface area contributed by atoms with Gasteiger partial charge in [-0.15, -0.1) is 0 Å². The number of nitrogens with one attached hydrogen (secondary N) is 2. The van der Waals surface area contributed by atoms with Crippen molar-refractivity contribution in [3.05, 3.63) is 42.1 Å². The fourth-order valence-electron chi connectivity index (χ4n) is 2.56. The van der Waals surface area contributed by atoms with E-state index in [-0.39, 0.29) is 0 Å². The lowest BCUT2D eigenvalue weighted by Crippen LogP contribution is -2.28. The van der Waals surface area contributed by atoms with Gasteiger partial charge in [0.1, 0.15) is 0 Å². The van der Waals surface area contributed by atoms with E-state index < -0.39 is 0 Å². The predicted molar refractivity (Wildman–Crippen MR) is 68.9 cm³/mol. The maximum absolute atomic E-state index is 4.22. The van der Waals surface area contributed by atoms with Crippen LogP contribution in [0.1, 0.15) is 24.3 Å². The van der Waals surface area contributed by atoms with Crippen molar-refractivity contribution in [2.75, 3.05) is 13.1 Å². The van der Waals surface area contributed by atoms with Crippen LogP contribution < -0.4 is 5.32 Å². The van der Waals surface area contributed by atoms with Gasteiger partial charge in [0.25, 0.3) is 0 Å². The van der Waals surface area contributed by atoms with Gasteiger partial charge in [-0.1, -0.05) is 30.3 Å². The Morgan fingerprint density at radius 3 is 2.82 bits per heavy atom. The number of rotatable bonds is 2. The van der Waals surface area contributed by atoms with Crippen molar-refractivity contribution in [2.45, 2.75) is 18.8 Å². The molecule has 1 fully saturated rings. The first-order chi connectivity index (χ1) is 8.45. The van der Waals surface area contributed by atoms with Crippen molar-refractivity contribution in [3.63, 3.8) is 0 Å². The number of aromatic amines is 1. The molecular formula is C14H17N3. The highest BCUT2D eigenvalue weighted by atomic mass is 15.1. The fourth-order valence-corrected chi connectivity index (χ4v) is 2.56. The highest BCUT2D eigenvalue weighted by Gasteiger charge is 2.20. The van der Waals surface area contributed by atoms with Crippen LogP contribution in [0.5, 0.6) is 0 Å². The molecule has 0 bridgehead atoms. The minimum atomic E-state index is 0.595. The lowest BCUT2D eigenvalue weighted by atomic mass is 9.90. The van der Waals surface area contributed by atoms with Crippen molar-refractivity contribution in [2.24, 2.45) is 0 Å². The average molecular weight is 227 g/mol. The van der Waals surface area contributed by atoms with Crippen LogP contribution in [0.25, 0.3) is 11.3 Å². The molecule has 0 amide bonds. The van der Waals surface area contributed by atoms with E-state index >= 15 is 0 Å². The van der Waals surface area contributed by atoms with Gasteiger partial charge in [0.05, 0.1) is 11.9 Å². The second-order valence-corrected chi connectivity index (χ2v) is 4.61. The Morgan fingerprint density at radius 1 is 1.18 bits per heavy atom. The number of benzene rings is 1.